The van der Waals surface area contributed by atoms with Crippen molar-refractivity contribution in [2.45, 2.75) is 24.3 Å². The highest BCUT2D eigenvalue weighted by molar-refractivity contribution is 7.99. The molecule has 0 atom stereocenters. The van der Waals surface area contributed by atoms with E-state index in [-0.39, 0.29) is 11.7 Å². The summed E-state index contributed by atoms with van der Waals surface area (Å²) in [6, 6.07) is 19.7. The van der Waals surface area contributed by atoms with E-state index in [0.717, 1.165) is 24.3 Å². The lowest BCUT2D eigenvalue weighted by Crippen LogP contribution is -2.29. The fourth-order valence-electron chi connectivity index (χ4n) is 3.62. The number of piperidine rings is 1. The summed E-state index contributed by atoms with van der Waals surface area (Å²) in [5.74, 6) is 0.765. The lowest BCUT2D eigenvalue weighted by molar-refractivity contribution is -0.113. The number of amides is 1. The normalized spacial score (nSPS) is 13.6. The number of thioether (sulfide) groups is 1. The molecule has 0 radical (unpaired) electrons. The molecule has 160 valence electrons. The summed E-state index contributed by atoms with van der Waals surface area (Å²) in [7, 11) is 1.58. The molecule has 7 heteroatoms. The van der Waals surface area contributed by atoms with Gasteiger partial charge in [0.2, 0.25) is 5.91 Å². The molecule has 2 heterocycles. The molecule has 0 bridgehead atoms. The first kappa shape index (κ1) is 21.2. The van der Waals surface area contributed by atoms with E-state index in [4.69, 9.17) is 4.74 Å². The number of hydrogen-bond acceptors (Lipinski definition) is 6. The van der Waals surface area contributed by atoms with E-state index < -0.39 is 0 Å². The first-order chi connectivity index (χ1) is 15.2. The Labute approximate surface area is 187 Å². The molecular formula is C24H26N4O2S. The average Bonchev–Trinajstić information content (AvgIpc) is 2.84. The summed E-state index contributed by atoms with van der Waals surface area (Å²) in [5.41, 5.74) is 3.79. The van der Waals surface area contributed by atoms with Crippen molar-refractivity contribution >= 4 is 29.0 Å². The minimum atomic E-state index is -0.117. The first-order valence-corrected chi connectivity index (χ1v) is 11.5. The Kier molecular flexibility index (Phi) is 7.04. The first-order valence-electron chi connectivity index (χ1n) is 10.5. The van der Waals surface area contributed by atoms with Crippen LogP contribution in [0.3, 0.4) is 0 Å². The number of carbonyl (C=O) groups excluding carboxylic acids is 1. The molecular weight excluding hydrogens is 408 g/mol. The topological polar surface area (TPSA) is 67.3 Å². The summed E-state index contributed by atoms with van der Waals surface area (Å²) < 4.78 is 5.26. The van der Waals surface area contributed by atoms with Crippen LogP contribution in [0.5, 0.6) is 5.75 Å². The van der Waals surface area contributed by atoms with Crippen LogP contribution < -0.4 is 15.0 Å². The number of rotatable bonds is 7. The van der Waals surface area contributed by atoms with E-state index in [1.54, 1.807) is 7.11 Å². The van der Waals surface area contributed by atoms with Crippen molar-refractivity contribution in [3.05, 3.63) is 60.7 Å². The SMILES string of the molecule is COc1ccccc1NC(=O)CSc1ccc(-c2ccc(N3CCCCC3)cc2)nn1. The molecule has 0 aliphatic carbocycles. The number of methoxy groups -OCH3 is 1. The average molecular weight is 435 g/mol. The second kappa shape index (κ2) is 10.3. The van der Waals surface area contributed by atoms with Crippen molar-refractivity contribution in [2.75, 3.05) is 36.2 Å². The third kappa shape index (κ3) is 5.55. The molecule has 1 aromatic heterocycles. The highest BCUT2D eigenvalue weighted by Gasteiger charge is 2.12. The smallest absolute Gasteiger partial charge is 0.234 e. The van der Waals surface area contributed by atoms with E-state index in [1.807, 2.05) is 36.4 Å². The summed E-state index contributed by atoms with van der Waals surface area (Å²) in [6.45, 7) is 2.27. The van der Waals surface area contributed by atoms with Gasteiger partial charge in [-0.05, 0) is 55.7 Å². The molecule has 0 spiro atoms. The van der Waals surface area contributed by atoms with Gasteiger partial charge in [0.15, 0.2) is 0 Å². The van der Waals surface area contributed by atoms with E-state index in [0.29, 0.717) is 16.5 Å². The lowest BCUT2D eigenvalue weighted by Gasteiger charge is -2.28. The van der Waals surface area contributed by atoms with Gasteiger partial charge in [-0.25, -0.2) is 0 Å². The van der Waals surface area contributed by atoms with Gasteiger partial charge in [-0.2, -0.15) is 0 Å². The molecule has 0 saturated carbocycles. The molecule has 1 amide bonds. The minimum Gasteiger partial charge on any atom is -0.495 e. The van der Waals surface area contributed by atoms with Gasteiger partial charge in [-0.3, -0.25) is 4.79 Å². The number of ether oxygens (including phenoxy) is 1. The highest BCUT2D eigenvalue weighted by Crippen LogP contribution is 2.26. The molecule has 1 aliphatic heterocycles. The molecule has 31 heavy (non-hydrogen) atoms. The predicted octanol–water partition coefficient (Wildman–Crippen LogP) is 4.87. The fraction of sp³-hybridized carbons (Fsp3) is 0.292. The maximum atomic E-state index is 12.3. The number of anilines is 2. The second-order valence-corrected chi connectivity index (χ2v) is 8.38. The second-order valence-electron chi connectivity index (χ2n) is 7.39. The van der Waals surface area contributed by atoms with Crippen LogP contribution in [0.1, 0.15) is 19.3 Å². The Bertz CT molecular complexity index is 1000. The molecule has 1 aliphatic rings. The van der Waals surface area contributed by atoms with Crippen LogP contribution in [-0.4, -0.2) is 42.1 Å². The predicted molar refractivity (Wildman–Crippen MR) is 126 cm³/mol. The summed E-state index contributed by atoms with van der Waals surface area (Å²) in [6.07, 6.45) is 3.86. The lowest BCUT2D eigenvalue weighted by atomic mass is 10.1. The Hall–Kier alpha value is -3.06. The number of benzene rings is 2. The van der Waals surface area contributed by atoms with E-state index >= 15 is 0 Å². The zero-order valence-corrected chi connectivity index (χ0v) is 18.4. The highest BCUT2D eigenvalue weighted by atomic mass is 32.2. The standard InChI is InChI=1S/C24H26N4O2S/c1-30-22-8-4-3-7-21(22)25-23(29)17-31-24-14-13-20(26-27-24)18-9-11-19(12-10-18)28-15-5-2-6-16-28/h3-4,7-14H,2,5-6,15-17H2,1H3,(H,25,29). The molecule has 3 aromatic rings. The van der Waals surface area contributed by atoms with Crippen LogP contribution in [0, 0.1) is 0 Å². The van der Waals surface area contributed by atoms with Gasteiger partial charge in [0.1, 0.15) is 10.8 Å². The van der Waals surface area contributed by atoms with Crippen LogP contribution in [0.15, 0.2) is 65.7 Å². The Balaban J connectivity index is 1.32. The van der Waals surface area contributed by atoms with Crippen molar-refractivity contribution in [3.8, 4) is 17.0 Å². The van der Waals surface area contributed by atoms with Crippen LogP contribution in [-0.2, 0) is 4.79 Å². The number of carbonyl (C=O) groups is 1. The van der Waals surface area contributed by atoms with Crippen molar-refractivity contribution in [3.63, 3.8) is 0 Å². The van der Waals surface area contributed by atoms with Gasteiger partial charge in [0.25, 0.3) is 0 Å². The number of aromatic nitrogens is 2. The van der Waals surface area contributed by atoms with Crippen molar-refractivity contribution in [1.82, 2.24) is 10.2 Å². The minimum absolute atomic E-state index is 0.117. The number of para-hydroxylation sites is 2. The van der Waals surface area contributed by atoms with Gasteiger partial charge >= 0.3 is 0 Å². The molecule has 0 unspecified atom stereocenters. The third-order valence-corrected chi connectivity index (χ3v) is 6.18. The van der Waals surface area contributed by atoms with Crippen LogP contribution >= 0.6 is 11.8 Å². The zero-order valence-electron chi connectivity index (χ0n) is 17.6. The monoisotopic (exact) mass is 434 g/mol. The summed E-state index contributed by atoms with van der Waals surface area (Å²) in [5, 5.41) is 12.2. The molecule has 1 saturated heterocycles. The van der Waals surface area contributed by atoms with Gasteiger partial charge in [-0.1, -0.05) is 36.0 Å². The maximum absolute atomic E-state index is 12.3. The number of nitrogens with zero attached hydrogens (tertiary/aromatic N) is 3. The number of hydrogen-bond donors (Lipinski definition) is 1. The van der Waals surface area contributed by atoms with Crippen LogP contribution in [0.2, 0.25) is 0 Å². The largest absolute Gasteiger partial charge is 0.495 e. The van der Waals surface area contributed by atoms with Crippen molar-refractivity contribution < 1.29 is 9.53 Å². The van der Waals surface area contributed by atoms with Gasteiger partial charge < -0.3 is 15.0 Å². The Morgan fingerprint density at radius 1 is 1.00 bits per heavy atom. The maximum Gasteiger partial charge on any atom is 0.234 e. The van der Waals surface area contributed by atoms with E-state index in [9.17, 15) is 4.79 Å². The summed E-state index contributed by atoms with van der Waals surface area (Å²) in [4.78, 5) is 14.7. The fourth-order valence-corrected chi connectivity index (χ4v) is 4.23. The quantitative estimate of drug-likeness (QED) is 0.535. The molecule has 1 fully saturated rings. The molecule has 2 aromatic carbocycles. The van der Waals surface area contributed by atoms with Gasteiger partial charge in [-0.15, -0.1) is 10.2 Å². The third-order valence-electron chi connectivity index (χ3n) is 5.26. The molecule has 1 N–H and O–H groups in total. The summed E-state index contributed by atoms with van der Waals surface area (Å²) >= 11 is 1.35. The van der Waals surface area contributed by atoms with Gasteiger partial charge in [0.05, 0.1) is 24.2 Å². The van der Waals surface area contributed by atoms with Gasteiger partial charge in [0, 0.05) is 24.3 Å². The molecule has 4 rings (SSSR count). The molecule has 6 nitrogen and oxygen atoms in total. The zero-order chi connectivity index (χ0) is 21.5. The number of nitrogens with one attached hydrogen (secondary N) is 1. The van der Waals surface area contributed by atoms with Crippen molar-refractivity contribution in [1.29, 1.82) is 0 Å². The van der Waals surface area contributed by atoms with E-state index in [2.05, 4.69) is 44.7 Å². The van der Waals surface area contributed by atoms with E-state index in [1.165, 1.54) is 36.7 Å². The van der Waals surface area contributed by atoms with Crippen LogP contribution in [0.25, 0.3) is 11.3 Å². The Morgan fingerprint density at radius 3 is 2.48 bits per heavy atom. The van der Waals surface area contributed by atoms with Crippen LogP contribution in [0.4, 0.5) is 11.4 Å². The van der Waals surface area contributed by atoms with Crippen molar-refractivity contribution in [2.24, 2.45) is 0 Å². The Morgan fingerprint density at radius 2 is 1.77 bits per heavy atom.